The van der Waals surface area contributed by atoms with Crippen molar-refractivity contribution >= 4 is 0 Å². The predicted octanol–water partition coefficient (Wildman–Crippen LogP) is 2.99. The Balaban J connectivity index is 2.26. The lowest BCUT2D eigenvalue weighted by Gasteiger charge is -2.31. The van der Waals surface area contributed by atoms with Crippen LogP contribution in [-0.4, -0.2) is 25.3 Å². The SMILES string of the molecule is C=CC(C)(CNC(C)(C)C)COCC1CC1. The molecule has 1 rings (SSSR count). The van der Waals surface area contributed by atoms with Crippen molar-refractivity contribution in [3.8, 4) is 0 Å². The molecular formula is C14H27NO. The summed E-state index contributed by atoms with van der Waals surface area (Å²) in [6.07, 6.45) is 4.72. The van der Waals surface area contributed by atoms with Crippen molar-refractivity contribution in [1.82, 2.24) is 5.32 Å². The highest BCUT2D eigenvalue weighted by Crippen LogP contribution is 2.29. The van der Waals surface area contributed by atoms with Gasteiger partial charge in [-0.15, -0.1) is 6.58 Å². The Morgan fingerprint density at radius 1 is 1.31 bits per heavy atom. The Kier molecular flexibility index (Phi) is 4.57. The van der Waals surface area contributed by atoms with Gasteiger partial charge in [-0.05, 0) is 39.5 Å². The predicted molar refractivity (Wildman–Crippen MR) is 69.6 cm³/mol. The van der Waals surface area contributed by atoms with Gasteiger partial charge in [0.1, 0.15) is 0 Å². The standard InChI is InChI=1S/C14H27NO/c1-6-14(5,10-15-13(2,3)4)11-16-9-12-7-8-12/h6,12,15H,1,7-11H2,2-5H3. The van der Waals surface area contributed by atoms with Crippen LogP contribution in [0, 0.1) is 11.3 Å². The van der Waals surface area contributed by atoms with Crippen LogP contribution in [-0.2, 0) is 4.74 Å². The Morgan fingerprint density at radius 3 is 2.38 bits per heavy atom. The molecular weight excluding hydrogens is 198 g/mol. The van der Waals surface area contributed by atoms with Crippen LogP contribution in [0.15, 0.2) is 12.7 Å². The van der Waals surface area contributed by atoms with E-state index in [2.05, 4.69) is 39.6 Å². The van der Waals surface area contributed by atoms with Crippen LogP contribution in [0.5, 0.6) is 0 Å². The summed E-state index contributed by atoms with van der Waals surface area (Å²) in [6, 6.07) is 0. The highest BCUT2D eigenvalue weighted by Gasteiger charge is 2.26. The van der Waals surface area contributed by atoms with Gasteiger partial charge < -0.3 is 10.1 Å². The normalized spacial score (nSPS) is 20.5. The zero-order chi connectivity index (χ0) is 12.2. The third-order valence-electron chi connectivity index (χ3n) is 3.00. The minimum Gasteiger partial charge on any atom is -0.380 e. The van der Waals surface area contributed by atoms with Gasteiger partial charge >= 0.3 is 0 Å². The molecule has 0 radical (unpaired) electrons. The Hall–Kier alpha value is -0.340. The zero-order valence-corrected chi connectivity index (χ0v) is 11.3. The zero-order valence-electron chi connectivity index (χ0n) is 11.3. The Bertz CT molecular complexity index is 227. The summed E-state index contributed by atoms with van der Waals surface area (Å²) in [7, 11) is 0. The molecule has 0 aromatic rings. The molecule has 1 unspecified atom stereocenters. The van der Waals surface area contributed by atoms with Gasteiger partial charge in [-0.3, -0.25) is 0 Å². The van der Waals surface area contributed by atoms with Gasteiger partial charge in [-0.1, -0.05) is 13.0 Å². The van der Waals surface area contributed by atoms with E-state index < -0.39 is 0 Å². The van der Waals surface area contributed by atoms with E-state index in [1.54, 1.807) is 0 Å². The van der Waals surface area contributed by atoms with Gasteiger partial charge in [0.15, 0.2) is 0 Å². The van der Waals surface area contributed by atoms with Gasteiger partial charge in [-0.2, -0.15) is 0 Å². The quantitative estimate of drug-likeness (QED) is 0.673. The van der Waals surface area contributed by atoms with E-state index >= 15 is 0 Å². The van der Waals surface area contributed by atoms with Gasteiger partial charge in [0.25, 0.3) is 0 Å². The van der Waals surface area contributed by atoms with E-state index in [9.17, 15) is 0 Å². The fraction of sp³-hybridized carbons (Fsp3) is 0.857. The lowest BCUT2D eigenvalue weighted by atomic mass is 9.90. The van der Waals surface area contributed by atoms with Crippen LogP contribution in [0.3, 0.4) is 0 Å². The molecule has 1 aliphatic rings. The first-order valence-electron chi connectivity index (χ1n) is 6.31. The number of hydrogen-bond acceptors (Lipinski definition) is 2. The second-order valence-corrected chi connectivity index (χ2v) is 6.42. The molecule has 1 aliphatic carbocycles. The van der Waals surface area contributed by atoms with Crippen LogP contribution in [0.4, 0.5) is 0 Å². The number of nitrogens with one attached hydrogen (secondary N) is 1. The maximum Gasteiger partial charge on any atom is 0.0566 e. The molecule has 0 saturated heterocycles. The van der Waals surface area contributed by atoms with E-state index in [4.69, 9.17) is 4.74 Å². The molecule has 0 aromatic heterocycles. The van der Waals surface area contributed by atoms with E-state index in [1.165, 1.54) is 12.8 Å². The van der Waals surface area contributed by atoms with Crippen molar-refractivity contribution in [3.63, 3.8) is 0 Å². The molecule has 0 heterocycles. The molecule has 0 aliphatic heterocycles. The van der Waals surface area contributed by atoms with Gasteiger partial charge in [-0.25, -0.2) is 0 Å². The lowest BCUT2D eigenvalue weighted by molar-refractivity contribution is 0.0659. The molecule has 1 saturated carbocycles. The smallest absolute Gasteiger partial charge is 0.0566 e. The van der Waals surface area contributed by atoms with Gasteiger partial charge in [0.2, 0.25) is 0 Å². The van der Waals surface area contributed by atoms with Crippen LogP contribution in [0.2, 0.25) is 0 Å². The molecule has 2 nitrogen and oxygen atoms in total. The third kappa shape index (κ3) is 5.66. The molecule has 2 heteroatoms. The van der Waals surface area contributed by atoms with Gasteiger partial charge in [0, 0.05) is 24.1 Å². The van der Waals surface area contributed by atoms with E-state index in [0.29, 0.717) is 0 Å². The van der Waals surface area contributed by atoms with Crippen LogP contribution in [0.25, 0.3) is 0 Å². The maximum atomic E-state index is 5.77. The molecule has 0 bridgehead atoms. The molecule has 1 atom stereocenters. The van der Waals surface area contributed by atoms with Crippen LogP contribution in [0.1, 0.15) is 40.5 Å². The highest BCUT2D eigenvalue weighted by molar-refractivity contribution is 4.94. The van der Waals surface area contributed by atoms with Crippen molar-refractivity contribution < 1.29 is 4.74 Å². The summed E-state index contributed by atoms with van der Waals surface area (Å²) in [4.78, 5) is 0. The number of ether oxygens (including phenoxy) is 1. The van der Waals surface area contributed by atoms with E-state index in [0.717, 1.165) is 25.7 Å². The second-order valence-electron chi connectivity index (χ2n) is 6.42. The largest absolute Gasteiger partial charge is 0.380 e. The average Bonchev–Trinajstić information content (AvgIpc) is 2.98. The molecule has 94 valence electrons. The van der Waals surface area contributed by atoms with Crippen LogP contribution < -0.4 is 5.32 Å². The highest BCUT2D eigenvalue weighted by atomic mass is 16.5. The summed E-state index contributed by atoms with van der Waals surface area (Å²) < 4.78 is 5.77. The van der Waals surface area contributed by atoms with E-state index in [-0.39, 0.29) is 11.0 Å². The first-order valence-corrected chi connectivity index (χ1v) is 6.31. The van der Waals surface area contributed by atoms with Crippen molar-refractivity contribution in [2.24, 2.45) is 11.3 Å². The summed E-state index contributed by atoms with van der Waals surface area (Å²) in [5.74, 6) is 0.838. The molecule has 1 fully saturated rings. The Morgan fingerprint density at radius 2 is 1.94 bits per heavy atom. The van der Waals surface area contributed by atoms with Crippen molar-refractivity contribution in [2.45, 2.75) is 46.1 Å². The van der Waals surface area contributed by atoms with Crippen molar-refractivity contribution in [2.75, 3.05) is 19.8 Å². The first kappa shape index (κ1) is 13.7. The number of rotatable bonds is 7. The summed E-state index contributed by atoms with van der Waals surface area (Å²) >= 11 is 0. The minimum absolute atomic E-state index is 0.0438. The van der Waals surface area contributed by atoms with Crippen molar-refractivity contribution in [1.29, 1.82) is 0 Å². The average molecular weight is 225 g/mol. The van der Waals surface area contributed by atoms with Gasteiger partial charge in [0.05, 0.1) is 6.61 Å². The number of hydrogen-bond donors (Lipinski definition) is 1. The second kappa shape index (κ2) is 5.33. The monoisotopic (exact) mass is 225 g/mol. The summed E-state index contributed by atoms with van der Waals surface area (Å²) in [5.41, 5.74) is 0.197. The third-order valence-corrected chi connectivity index (χ3v) is 3.00. The lowest BCUT2D eigenvalue weighted by Crippen LogP contribution is -2.43. The van der Waals surface area contributed by atoms with Crippen molar-refractivity contribution in [3.05, 3.63) is 12.7 Å². The van der Waals surface area contributed by atoms with E-state index in [1.807, 2.05) is 6.08 Å². The fourth-order valence-electron chi connectivity index (χ4n) is 1.39. The topological polar surface area (TPSA) is 21.3 Å². The first-order chi connectivity index (χ1) is 7.35. The molecule has 0 aromatic carbocycles. The summed E-state index contributed by atoms with van der Waals surface area (Å²) in [5, 5.41) is 3.52. The summed E-state index contributed by atoms with van der Waals surface area (Å²) in [6.45, 7) is 15.3. The molecule has 0 amide bonds. The molecule has 1 N–H and O–H groups in total. The minimum atomic E-state index is 0.0438. The Labute approximate surface area is 100 Å². The fourth-order valence-corrected chi connectivity index (χ4v) is 1.39. The molecule has 0 spiro atoms. The molecule has 16 heavy (non-hydrogen) atoms. The van der Waals surface area contributed by atoms with Crippen LogP contribution >= 0.6 is 0 Å². The maximum absolute atomic E-state index is 5.77.